The first-order valence-corrected chi connectivity index (χ1v) is 11.6. The number of aryl methyl sites for hydroxylation is 1. The van der Waals surface area contributed by atoms with E-state index in [1.807, 2.05) is 48.7 Å². The van der Waals surface area contributed by atoms with E-state index < -0.39 is 12.0 Å². The zero-order valence-corrected chi connectivity index (χ0v) is 20.5. The van der Waals surface area contributed by atoms with E-state index in [0.29, 0.717) is 25.1 Å². The Hall–Kier alpha value is -4.24. The average molecular weight is 494 g/mol. The van der Waals surface area contributed by atoms with Crippen LogP contribution in [0.15, 0.2) is 65.7 Å². The molecular formula is C26H27N3O5S. The summed E-state index contributed by atoms with van der Waals surface area (Å²) in [5, 5.41) is 16.2. The highest BCUT2D eigenvalue weighted by molar-refractivity contribution is 7.11. The quantitative estimate of drug-likeness (QED) is 0.372. The molecule has 9 heteroatoms. The van der Waals surface area contributed by atoms with Crippen LogP contribution in [0, 0.1) is 6.92 Å². The Morgan fingerprint density at radius 1 is 1.06 bits per heavy atom. The lowest BCUT2D eigenvalue weighted by Crippen LogP contribution is -2.37. The summed E-state index contributed by atoms with van der Waals surface area (Å²) >= 11 is 1.48. The summed E-state index contributed by atoms with van der Waals surface area (Å²) in [5.74, 6) is -0.966. The summed E-state index contributed by atoms with van der Waals surface area (Å²) in [6.07, 6.45) is 2.96. The molecule has 3 aromatic rings. The second-order valence-electron chi connectivity index (χ2n) is 7.40. The molecule has 3 rings (SSSR count). The van der Waals surface area contributed by atoms with Crippen molar-refractivity contribution in [3.8, 4) is 11.1 Å². The van der Waals surface area contributed by atoms with Gasteiger partial charge in [-0.2, -0.15) is 0 Å². The molecule has 0 bridgehead atoms. The fraction of sp³-hybridized carbons (Fsp3) is 0.154. The number of rotatable bonds is 8. The van der Waals surface area contributed by atoms with Gasteiger partial charge in [-0.05, 0) is 79.2 Å². The van der Waals surface area contributed by atoms with E-state index >= 15 is 0 Å². The van der Waals surface area contributed by atoms with Gasteiger partial charge < -0.3 is 15.7 Å². The van der Waals surface area contributed by atoms with E-state index in [1.54, 1.807) is 38.1 Å². The van der Waals surface area contributed by atoms with Crippen LogP contribution in [0.5, 0.6) is 0 Å². The molecule has 182 valence electrons. The molecule has 0 radical (unpaired) electrons. The van der Waals surface area contributed by atoms with Gasteiger partial charge in [-0.1, -0.05) is 24.3 Å². The Morgan fingerprint density at radius 2 is 1.80 bits per heavy atom. The summed E-state index contributed by atoms with van der Waals surface area (Å²) in [6.45, 7) is 5.73. The minimum Gasteiger partial charge on any atom is -0.478 e. The van der Waals surface area contributed by atoms with E-state index in [1.165, 1.54) is 11.3 Å². The zero-order chi connectivity index (χ0) is 25.8. The number of carbonyl (C=O) groups excluding carboxylic acids is 3. The standard InChI is InChI=1S/C18H18N2O4S.C8H9NO/c1-3-20(11-21)18(24)19-12(2)7-16-9-15(10-25-16)13-5-4-6-14(8-13)17(22)23;1-7-3-2-4-8(5-7)9-6-10/h4-11H,3H2,1-2H3,(H,19,24)(H,22,23);2-6H,1H3,(H,9,10)/b12-7-;. The van der Waals surface area contributed by atoms with Crippen molar-refractivity contribution in [3.05, 3.63) is 81.7 Å². The van der Waals surface area contributed by atoms with Crippen LogP contribution in [0.3, 0.4) is 0 Å². The lowest BCUT2D eigenvalue weighted by molar-refractivity contribution is -0.115. The van der Waals surface area contributed by atoms with Crippen molar-refractivity contribution in [2.45, 2.75) is 20.8 Å². The number of aromatic carboxylic acids is 1. The third-order valence-corrected chi connectivity index (χ3v) is 5.58. The fourth-order valence-electron chi connectivity index (χ4n) is 2.97. The Morgan fingerprint density at radius 3 is 2.43 bits per heavy atom. The predicted octanol–water partition coefficient (Wildman–Crippen LogP) is 5.23. The number of nitrogens with zero attached hydrogens (tertiary/aromatic N) is 1. The van der Waals surface area contributed by atoms with E-state index in [0.717, 1.165) is 32.2 Å². The fourth-order valence-corrected chi connectivity index (χ4v) is 3.88. The molecule has 4 amide bonds. The number of amides is 4. The Labute approximate surface area is 207 Å². The molecule has 8 nitrogen and oxygen atoms in total. The molecule has 0 unspecified atom stereocenters. The molecule has 1 heterocycles. The van der Waals surface area contributed by atoms with Crippen molar-refractivity contribution in [1.82, 2.24) is 10.2 Å². The number of benzene rings is 2. The van der Waals surface area contributed by atoms with Crippen molar-refractivity contribution >= 4 is 47.9 Å². The van der Waals surface area contributed by atoms with Crippen molar-refractivity contribution in [1.29, 1.82) is 0 Å². The van der Waals surface area contributed by atoms with Crippen LogP contribution in [0.2, 0.25) is 0 Å². The molecular weight excluding hydrogens is 466 g/mol. The van der Waals surface area contributed by atoms with Gasteiger partial charge in [0.2, 0.25) is 12.8 Å². The highest BCUT2D eigenvalue weighted by atomic mass is 32.1. The van der Waals surface area contributed by atoms with Crippen LogP contribution < -0.4 is 10.6 Å². The molecule has 0 aliphatic heterocycles. The van der Waals surface area contributed by atoms with E-state index in [9.17, 15) is 19.2 Å². The largest absolute Gasteiger partial charge is 0.478 e. The minimum atomic E-state index is -0.966. The number of allylic oxidation sites excluding steroid dienone is 1. The lowest BCUT2D eigenvalue weighted by Gasteiger charge is -2.13. The zero-order valence-electron chi connectivity index (χ0n) is 19.6. The number of imide groups is 1. The van der Waals surface area contributed by atoms with Gasteiger partial charge >= 0.3 is 12.0 Å². The summed E-state index contributed by atoms with van der Waals surface area (Å²) in [5.41, 5.74) is 4.55. The van der Waals surface area contributed by atoms with Gasteiger partial charge in [0.05, 0.1) is 5.56 Å². The number of anilines is 1. The number of hydrogen-bond donors (Lipinski definition) is 3. The topological polar surface area (TPSA) is 116 Å². The van der Waals surface area contributed by atoms with Gasteiger partial charge in [-0.15, -0.1) is 11.3 Å². The summed E-state index contributed by atoms with van der Waals surface area (Å²) < 4.78 is 0. The maximum Gasteiger partial charge on any atom is 0.335 e. The molecule has 0 aliphatic carbocycles. The second kappa shape index (κ2) is 13.5. The Kier molecular flexibility index (Phi) is 10.4. The second-order valence-corrected chi connectivity index (χ2v) is 8.35. The third kappa shape index (κ3) is 8.56. The average Bonchev–Trinajstić information content (AvgIpc) is 3.29. The van der Waals surface area contributed by atoms with Crippen LogP contribution in [0.4, 0.5) is 10.5 Å². The van der Waals surface area contributed by atoms with Gasteiger partial charge in [-0.3, -0.25) is 14.5 Å². The first-order valence-electron chi connectivity index (χ1n) is 10.7. The Bertz CT molecular complexity index is 1220. The maximum atomic E-state index is 11.8. The maximum absolute atomic E-state index is 11.8. The van der Waals surface area contributed by atoms with Gasteiger partial charge in [0.1, 0.15) is 0 Å². The third-order valence-electron chi connectivity index (χ3n) is 4.70. The molecule has 0 saturated carbocycles. The van der Waals surface area contributed by atoms with E-state index in [2.05, 4.69) is 10.6 Å². The molecule has 0 fully saturated rings. The lowest BCUT2D eigenvalue weighted by atomic mass is 10.1. The van der Waals surface area contributed by atoms with Crippen LogP contribution in [0.25, 0.3) is 17.2 Å². The number of urea groups is 1. The molecule has 2 aromatic carbocycles. The summed E-state index contributed by atoms with van der Waals surface area (Å²) in [4.78, 5) is 45.6. The highest BCUT2D eigenvalue weighted by Crippen LogP contribution is 2.27. The predicted molar refractivity (Wildman–Crippen MR) is 138 cm³/mol. The van der Waals surface area contributed by atoms with Crippen LogP contribution >= 0.6 is 11.3 Å². The molecule has 35 heavy (non-hydrogen) atoms. The number of carboxylic acid groups (broad SMARTS) is 1. The van der Waals surface area contributed by atoms with Crippen LogP contribution in [-0.4, -0.2) is 41.4 Å². The Balaban J connectivity index is 0.000000360. The number of nitrogens with one attached hydrogen (secondary N) is 2. The first kappa shape index (κ1) is 27.0. The minimum absolute atomic E-state index is 0.234. The molecule has 0 aliphatic rings. The van der Waals surface area contributed by atoms with Crippen LogP contribution in [-0.2, 0) is 9.59 Å². The van der Waals surface area contributed by atoms with Gasteiger partial charge in [0.15, 0.2) is 0 Å². The first-order chi connectivity index (χ1) is 16.8. The van der Waals surface area contributed by atoms with Crippen molar-refractivity contribution in [3.63, 3.8) is 0 Å². The monoisotopic (exact) mass is 493 g/mol. The summed E-state index contributed by atoms with van der Waals surface area (Å²) in [7, 11) is 0. The van der Waals surface area contributed by atoms with E-state index in [4.69, 9.17) is 5.11 Å². The van der Waals surface area contributed by atoms with Crippen molar-refractivity contribution in [2.75, 3.05) is 11.9 Å². The van der Waals surface area contributed by atoms with Crippen molar-refractivity contribution in [2.24, 2.45) is 0 Å². The normalized spacial score (nSPS) is 10.4. The highest BCUT2D eigenvalue weighted by Gasteiger charge is 2.10. The van der Waals surface area contributed by atoms with Gasteiger partial charge in [0.25, 0.3) is 0 Å². The molecule has 3 N–H and O–H groups in total. The van der Waals surface area contributed by atoms with Crippen molar-refractivity contribution < 1.29 is 24.3 Å². The summed E-state index contributed by atoms with van der Waals surface area (Å²) in [6, 6.07) is 15.8. The van der Waals surface area contributed by atoms with E-state index in [-0.39, 0.29) is 5.56 Å². The SMILES string of the molecule is CCN(C=O)C(=O)N/C(C)=C\c1cc(-c2cccc(C(=O)O)c2)cs1.Cc1cccc(NC=O)c1. The number of thiophene rings is 1. The van der Waals surface area contributed by atoms with Crippen LogP contribution in [0.1, 0.15) is 34.6 Å². The molecule has 0 saturated heterocycles. The molecule has 0 atom stereocenters. The van der Waals surface area contributed by atoms with Gasteiger partial charge in [-0.25, -0.2) is 9.59 Å². The van der Waals surface area contributed by atoms with Gasteiger partial charge in [0, 0.05) is 22.8 Å². The number of carboxylic acids is 1. The molecule has 1 aromatic heterocycles. The molecule has 0 spiro atoms. The number of carbonyl (C=O) groups is 4. The number of hydrogen-bond acceptors (Lipinski definition) is 5. The smallest absolute Gasteiger partial charge is 0.335 e.